The maximum atomic E-state index is 13.5. The van der Waals surface area contributed by atoms with E-state index in [9.17, 15) is 14.4 Å². The van der Waals surface area contributed by atoms with Crippen molar-refractivity contribution in [2.45, 2.75) is 20.3 Å². The standard InChI is InChI=1S/C27H26N2O3/c1-15-10-16(2)12-18(11-15)28(25(30)17-6-4-3-5-7-17)14-29-26(31)23-19-8-9-20(22-13-21(19)22)24(23)27(29)32/h3-12,19-24H,13-14H2,1-2H3/t19-,20-,21-,22-,23-,24+/m1/s1. The molecule has 0 unspecified atom stereocenters. The van der Waals surface area contributed by atoms with Crippen LogP contribution in [-0.2, 0) is 9.59 Å². The summed E-state index contributed by atoms with van der Waals surface area (Å²) < 4.78 is 0. The van der Waals surface area contributed by atoms with E-state index in [2.05, 4.69) is 12.2 Å². The number of benzene rings is 2. The molecule has 0 aromatic heterocycles. The van der Waals surface area contributed by atoms with Gasteiger partial charge in [-0.2, -0.15) is 0 Å². The predicted octanol–water partition coefficient (Wildman–Crippen LogP) is 3.96. The van der Waals surface area contributed by atoms with E-state index in [1.807, 2.05) is 50.2 Å². The van der Waals surface area contributed by atoms with Crippen LogP contribution in [0.1, 0.15) is 27.9 Å². The van der Waals surface area contributed by atoms with Crippen LogP contribution >= 0.6 is 0 Å². The Balaban J connectivity index is 1.36. The van der Waals surface area contributed by atoms with E-state index in [0.29, 0.717) is 23.1 Å². The van der Waals surface area contributed by atoms with Gasteiger partial charge in [0, 0.05) is 11.3 Å². The van der Waals surface area contributed by atoms with Crippen LogP contribution < -0.4 is 4.90 Å². The number of anilines is 1. The lowest BCUT2D eigenvalue weighted by Gasteiger charge is -2.37. The maximum Gasteiger partial charge on any atom is 0.259 e. The Bertz CT molecular complexity index is 1110. The summed E-state index contributed by atoms with van der Waals surface area (Å²) in [5.41, 5.74) is 3.30. The van der Waals surface area contributed by atoms with Gasteiger partial charge in [0.25, 0.3) is 5.91 Å². The van der Waals surface area contributed by atoms with Crippen LogP contribution in [0.15, 0.2) is 60.7 Å². The highest BCUT2D eigenvalue weighted by Crippen LogP contribution is 2.65. The zero-order valence-electron chi connectivity index (χ0n) is 18.3. The molecule has 2 aromatic rings. The molecule has 0 spiro atoms. The molecule has 5 nitrogen and oxygen atoms in total. The minimum atomic E-state index is -0.255. The fourth-order valence-electron chi connectivity index (χ4n) is 6.41. The number of hydrogen-bond acceptors (Lipinski definition) is 3. The van der Waals surface area contributed by atoms with E-state index in [1.54, 1.807) is 17.0 Å². The van der Waals surface area contributed by atoms with Gasteiger partial charge in [0.2, 0.25) is 11.8 Å². The number of hydrogen-bond donors (Lipinski definition) is 0. The minimum Gasteiger partial charge on any atom is -0.290 e. The van der Waals surface area contributed by atoms with Crippen LogP contribution in [-0.4, -0.2) is 29.3 Å². The van der Waals surface area contributed by atoms with Crippen molar-refractivity contribution >= 4 is 23.4 Å². The van der Waals surface area contributed by atoms with Crippen molar-refractivity contribution in [2.24, 2.45) is 35.5 Å². The molecule has 3 amide bonds. The van der Waals surface area contributed by atoms with Crippen LogP contribution in [0, 0.1) is 49.4 Å². The van der Waals surface area contributed by atoms with Crippen LogP contribution in [0.3, 0.4) is 0 Å². The van der Waals surface area contributed by atoms with Crippen molar-refractivity contribution in [3.8, 4) is 0 Å². The molecule has 7 rings (SSSR count). The fourth-order valence-corrected chi connectivity index (χ4v) is 6.41. The number of carbonyl (C=O) groups is 3. The molecular formula is C27H26N2O3. The number of amides is 3. The zero-order chi connectivity index (χ0) is 22.1. The number of imide groups is 1. The van der Waals surface area contributed by atoms with Crippen molar-refractivity contribution in [1.29, 1.82) is 0 Å². The first-order chi connectivity index (χ1) is 15.4. The lowest BCUT2D eigenvalue weighted by Crippen LogP contribution is -2.45. The highest BCUT2D eigenvalue weighted by Gasteiger charge is 2.67. The molecule has 32 heavy (non-hydrogen) atoms. The molecule has 2 saturated carbocycles. The molecule has 1 heterocycles. The second-order valence-corrected chi connectivity index (χ2v) is 9.85. The van der Waals surface area contributed by atoms with E-state index < -0.39 is 0 Å². The number of carbonyl (C=O) groups excluding carboxylic acids is 3. The molecule has 162 valence electrons. The third kappa shape index (κ3) is 2.80. The Kier molecular flexibility index (Phi) is 4.19. The summed E-state index contributed by atoms with van der Waals surface area (Å²) >= 11 is 0. The molecule has 0 radical (unpaired) electrons. The van der Waals surface area contributed by atoms with E-state index in [1.165, 1.54) is 4.90 Å². The highest BCUT2D eigenvalue weighted by molar-refractivity contribution is 6.10. The summed E-state index contributed by atoms with van der Waals surface area (Å²) in [4.78, 5) is 43.5. The summed E-state index contributed by atoms with van der Waals surface area (Å²) in [5.74, 6) is 0.527. The fraction of sp³-hybridized carbons (Fsp3) is 0.370. The lowest BCUT2D eigenvalue weighted by atomic mass is 9.63. The maximum absolute atomic E-state index is 13.5. The van der Waals surface area contributed by atoms with E-state index in [4.69, 9.17) is 0 Å². The van der Waals surface area contributed by atoms with Gasteiger partial charge < -0.3 is 0 Å². The average Bonchev–Trinajstić information content (AvgIpc) is 3.57. The van der Waals surface area contributed by atoms with Crippen LogP contribution in [0.2, 0.25) is 0 Å². The average molecular weight is 427 g/mol. The van der Waals surface area contributed by atoms with Crippen molar-refractivity contribution in [3.05, 3.63) is 77.4 Å². The van der Waals surface area contributed by atoms with Gasteiger partial charge in [-0.1, -0.05) is 36.4 Å². The Labute approximate surface area is 187 Å². The van der Waals surface area contributed by atoms with Gasteiger partial charge >= 0.3 is 0 Å². The lowest BCUT2D eigenvalue weighted by molar-refractivity contribution is -0.140. The smallest absolute Gasteiger partial charge is 0.259 e. The topological polar surface area (TPSA) is 57.7 Å². The van der Waals surface area contributed by atoms with Gasteiger partial charge in [-0.25, -0.2) is 0 Å². The SMILES string of the molecule is Cc1cc(C)cc(N(CN2C(=O)[C@@H]3[C@@H]4C=C[C@H]([C@H]5C[C@H]45)[C@@H]3C2=O)C(=O)c2ccccc2)c1. The molecule has 1 saturated heterocycles. The zero-order valence-corrected chi connectivity index (χ0v) is 18.3. The van der Waals surface area contributed by atoms with Gasteiger partial charge in [0.15, 0.2) is 0 Å². The molecular weight excluding hydrogens is 400 g/mol. The number of allylic oxidation sites excluding steroid dienone is 2. The van der Waals surface area contributed by atoms with E-state index in [-0.39, 0.29) is 48.1 Å². The Morgan fingerprint density at radius 3 is 2.03 bits per heavy atom. The van der Waals surface area contributed by atoms with Crippen molar-refractivity contribution < 1.29 is 14.4 Å². The number of likely N-dealkylation sites (tertiary alicyclic amines) is 1. The van der Waals surface area contributed by atoms with Gasteiger partial charge in [0.05, 0.1) is 11.8 Å². The number of aryl methyl sites for hydroxylation is 2. The predicted molar refractivity (Wildman–Crippen MR) is 121 cm³/mol. The summed E-state index contributed by atoms with van der Waals surface area (Å²) in [6.45, 7) is 3.92. The first-order valence-corrected chi connectivity index (χ1v) is 11.4. The van der Waals surface area contributed by atoms with Crippen LogP contribution in [0.4, 0.5) is 5.69 Å². The van der Waals surface area contributed by atoms with Gasteiger partial charge in [-0.3, -0.25) is 24.2 Å². The first-order valence-electron chi connectivity index (χ1n) is 11.4. The Hall–Kier alpha value is -3.21. The Morgan fingerprint density at radius 1 is 0.906 bits per heavy atom. The van der Waals surface area contributed by atoms with E-state index in [0.717, 1.165) is 17.5 Å². The van der Waals surface area contributed by atoms with Crippen molar-refractivity contribution in [3.63, 3.8) is 0 Å². The number of nitrogens with zero attached hydrogens (tertiary/aromatic N) is 2. The first kappa shape index (κ1) is 19.5. The van der Waals surface area contributed by atoms with E-state index >= 15 is 0 Å². The molecule has 2 aromatic carbocycles. The normalized spacial score (nSPS) is 31.5. The second-order valence-electron chi connectivity index (χ2n) is 9.85. The third-order valence-electron chi connectivity index (χ3n) is 7.82. The van der Waals surface area contributed by atoms with Gasteiger partial charge in [-0.05, 0) is 79.3 Å². The number of rotatable bonds is 4. The molecule has 4 aliphatic carbocycles. The summed E-state index contributed by atoms with van der Waals surface area (Å²) in [6.07, 6.45) is 5.48. The molecule has 5 aliphatic rings. The van der Waals surface area contributed by atoms with Crippen LogP contribution in [0.25, 0.3) is 0 Å². The Morgan fingerprint density at radius 2 is 1.47 bits per heavy atom. The van der Waals surface area contributed by atoms with Crippen molar-refractivity contribution in [1.82, 2.24) is 4.90 Å². The molecule has 2 bridgehead atoms. The van der Waals surface area contributed by atoms with Crippen molar-refractivity contribution in [2.75, 3.05) is 11.6 Å². The molecule has 1 aliphatic heterocycles. The highest BCUT2D eigenvalue weighted by atomic mass is 16.2. The van der Waals surface area contributed by atoms with Gasteiger partial charge in [-0.15, -0.1) is 0 Å². The molecule has 3 fully saturated rings. The minimum absolute atomic E-state index is 0.0456. The largest absolute Gasteiger partial charge is 0.290 e. The monoisotopic (exact) mass is 426 g/mol. The molecule has 6 atom stereocenters. The molecule has 0 N–H and O–H groups in total. The summed E-state index contributed by atoms with van der Waals surface area (Å²) in [7, 11) is 0. The summed E-state index contributed by atoms with van der Waals surface area (Å²) in [6, 6.07) is 15.0. The molecule has 5 heteroatoms. The van der Waals surface area contributed by atoms with Gasteiger partial charge in [0.1, 0.15) is 6.67 Å². The quantitative estimate of drug-likeness (QED) is 0.549. The summed E-state index contributed by atoms with van der Waals surface area (Å²) in [5, 5.41) is 0. The third-order valence-corrected chi connectivity index (χ3v) is 7.82. The second kappa shape index (κ2) is 6.89. The van der Waals surface area contributed by atoms with Crippen LogP contribution in [0.5, 0.6) is 0 Å².